The molecule has 2 heteroatoms. The molecule has 15 heavy (non-hydrogen) atoms. The number of benzene rings is 1. The number of aromatic nitrogens is 2. The second-order valence-electron chi connectivity index (χ2n) is 4.37. The van der Waals surface area contributed by atoms with Gasteiger partial charge in [-0.1, -0.05) is 52.8 Å². The van der Waals surface area contributed by atoms with E-state index in [-0.39, 0.29) is 5.41 Å². The van der Waals surface area contributed by atoms with E-state index in [1.54, 1.807) is 0 Å². The van der Waals surface area contributed by atoms with Crippen molar-refractivity contribution in [3.63, 3.8) is 0 Å². The van der Waals surface area contributed by atoms with Crippen LogP contribution in [0.25, 0.3) is 10.9 Å². The highest BCUT2D eigenvalue weighted by Gasteiger charge is 2.18. The quantitative estimate of drug-likeness (QED) is 0.693. The molecule has 0 spiro atoms. The summed E-state index contributed by atoms with van der Waals surface area (Å²) in [6, 6.07) is 8.20. The molecule has 1 aromatic carbocycles. The highest BCUT2D eigenvalue weighted by atomic mass is 15.1. The van der Waals surface area contributed by atoms with Gasteiger partial charge in [0.15, 0.2) is 0 Å². The molecule has 0 aliphatic carbocycles. The predicted molar refractivity (Wildman–Crippen MR) is 66.1 cm³/mol. The van der Waals surface area contributed by atoms with Crippen LogP contribution in [0.5, 0.6) is 0 Å². The summed E-state index contributed by atoms with van der Waals surface area (Å²) in [6.07, 6.45) is 0. The third-order valence-corrected chi connectivity index (χ3v) is 2.21. The molecule has 0 atom stereocenters. The van der Waals surface area contributed by atoms with Gasteiger partial charge in [-0.2, -0.15) is 5.10 Å². The van der Waals surface area contributed by atoms with E-state index in [4.69, 9.17) is 0 Å². The van der Waals surface area contributed by atoms with Crippen LogP contribution in [0.2, 0.25) is 0 Å². The maximum atomic E-state index is 4.26. The van der Waals surface area contributed by atoms with Crippen molar-refractivity contribution in [1.82, 2.24) is 10.2 Å². The van der Waals surface area contributed by atoms with Gasteiger partial charge in [0.1, 0.15) is 0 Å². The van der Waals surface area contributed by atoms with Crippen LogP contribution in [0.4, 0.5) is 0 Å². The van der Waals surface area contributed by atoms with Crippen molar-refractivity contribution in [1.29, 1.82) is 0 Å². The fraction of sp³-hybridized carbons (Fsp3) is 0.462. The van der Waals surface area contributed by atoms with Crippen molar-refractivity contribution in [3.05, 3.63) is 30.0 Å². The lowest BCUT2D eigenvalue weighted by molar-refractivity contribution is 0.571. The Labute approximate surface area is 91.7 Å². The van der Waals surface area contributed by atoms with Crippen LogP contribution in [-0.2, 0) is 5.41 Å². The summed E-state index contributed by atoms with van der Waals surface area (Å²) in [6.45, 7) is 10.6. The third kappa shape index (κ3) is 2.38. The van der Waals surface area contributed by atoms with Gasteiger partial charge in [-0.15, -0.1) is 0 Å². The fourth-order valence-corrected chi connectivity index (χ4v) is 1.53. The van der Waals surface area contributed by atoms with E-state index in [1.165, 1.54) is 11.1 Å². The Morgan fingerprint density at radius 1 is 1.07 bits per heavy atom. The summed E-state index contributed by atoms with van der Waals surface area (Å²) in [5, 5.41) is 8.60. The van der Waals surface area contributed by atoms with Crippen LogP contribution >= 0.6 is 0 Å². The molecule has 0 bridgehead atoms. The molecule has 0 saturated carbocycles. The average molecular weight is 204 g/mol. The first-order valence-corrected chi connectivity index (χ1v) is 5.52. The molecule has 82 valence electrons. The summed E-state index contributed by atoms with van der Waals surface area (Å²) in [5.74, 6) is 0. The zero-order valence-corrected chi connectivity index (χ0v) is 10.3. The maximum absolute atomic E-state index is 4.26. The van der Waals surface area contributed by atoms with Gasteiger partial charge >= 0.3 is 0 Å². The second-order valence-corrected chi connectivity index (χ2v) is 4.37. The molecule has 1 aromatic heterocycles. The van der Waals surface area contributed by atoms with E-state index in [1.807, 2.05) is 32.0 Å². The van der Waals surface area contributed by atoms with Crippen LogP contribution in [0.15, 0.2) is 24.3 Å². The third-order valence-electron chi connectivity index (χ3n) is 2.21. The first-order valence-electron chi connectivity index (χ1n) is 5.52. The maximum Gasteiger partial charge on any atom is 0.0923 e. The van der Waals surface area contributed by atoms with Crippen LogP contribution in [0.1, 0.15) is 40.3 Å². The highest BCUT2D eigenvalue weighted by Crippen LogP contribution is 2.26. The minimum absolute atomic E-state index is 0.135. The van der Waals surface area contributed by atoms with Gasteiger partial charge in [0, 0.05) is 16.5 Å². The summed E-state index contributed by atoms with van der Waals surface area (Å²) in [7, 11) is 0. The first-order chi connectivity index (χ1) is 7.09. The fourth-order valence-electron chi connectivity index (χ4n) is 1.53. The van der Waals surface area contributed by atoms with E-state index in [9.17, 15) is 0 Å². The minimum atomic E-state index is 0.135. The minimum Gasteiger partial charge on any atom is -0.281 e. The Hall–Kier alpha value is -1.31. The molecule has 0 amide bonds. The molecule has 2 aromatic rings. The van der Waals surface area contributed by atoms with Crippen molar-refractivity contribution in [2.75, 3.05) is 0 Å². The van der Waals surface area contributed by atoms with Crippen molar-refractivity contribution in [2.45, 2.75) is 40.0 Å². The molecular formula is C13H20N2. The van der Waals surface area contributed by atoms with Gasteiger partial charge in [0.25, 0.3) is 0 Å². The lowest BCUT2D eigenvalue weighted by Gasteiger charge is -2.16. The van der Waals surface area contributed by atoms with Crippen LogP contribution < -0.4 is 0 Å². The number of rotatable bonds is 0. The summed E-state index contributed by atoms with van der Waals surface area (Å²) < 4.78 is 0. The summed E-state index contributed by atoms with van der Waals surface area (Å²) in [4.78, 5) is 0. The second kappa shape index (κ2) is 4.47. The monoisotopic (exact) mass is 204 g/mol. The molecule has 0 unspecified atom stereocenters. The van der Waals surface area contributed by atoms with Gasteiger partial charge in [0.2, 0.25) is 0 Å². The number of fused-ring (bicyclic) bond motifs is 1. The van der Waals surface area contributed by atoms with Gasteiger partial charge in [-0.05, 0) is 6.07 Å². The highest BCUT2D eigenvalue weighted by molar-refractivity contribution is 5.82. The molecule has 1 N–H and O–H groups in total. The van der Waals surface area contributed by atoms with E-state index in [2.05, 4.69) is 37.0 Å². The SMILES string of the molecule is CC.CC(C)(C)c1[nH]nc2ccccc12. The van der Waals surface area contributed by atoms with E-state index in [0.29, 0.717) is 0 Å². The molecule has 1 heterocycles. The average Bonchev–Trinajstić information content (AvgIpc) is 2.63. The van der Waals surface area contributed by atoms with Crippen molar-refractivity contribution in [2.24, 2.45) is 0 Å². The van der Waals surface area contributed by atoms with Gasteiger partial charge in [-0.3, -0.25) is 5.10 Å². The Morgan fingerprint density at radius 2 is 1.67 bits per heavy atom. The van der Waals surface area contributed by atoms with Gasteiger partial charge in [-0.25, -0.2) is 0 Å². The van der Waals surface area contributed by atoms with E-state index in [0.717, 1.165) is 5.52 Å². The number of H-pyrrole nitrogens is 1. The smallest absolute Gasteiger partial charge is 0.0923 e. The molecule has 0 aliphatic heterocycles. The topological polar surface area (TPSA) is 28.7 Å². The van der Waals surface area contributed by atoms with Crippen LogP contribution in [0, 0.1) is 0 Å². The molecule has 0 aliphatic rings. The predicted octanol–water partition coefficient (Wildman–Crippen LogP) is 3.89. The Morgan fingerprint density at radius 3 is 2.27 bits per heavy atom. The van der Waals surface area contributed by atoms with Crippen LogP contribution in [0.3, 0.4) is 0 Å². The van der Waals surface area contributed by atoms with Crippen molar-refractivity contribution in [3.8, 4) is 0 Å². The lowest BCUT2D eigenvalue weighted by atomic mass is 9.90. The van der Waals surface area contributed by atoms with Crippen LogP contribution in [-0.4, -0.2) is 10.2 Å². The van der Waals surface area contributed by atoms with Gasteiger partial charge < -0.3 is 0 Å². The molecule has 2 nitrogen and oxygen atoms in total. The van der Waals surface area contributed by atoms with Gasteiger partial charge in [0.05, 0.1) is 5.52 Å². The van der Waals surface area contributed by atoms with E-state index < -0.39 is 0 Å². The summed E-state index contributed by atoms with van der Waals surface area (Å²) >= 11 is 0. The normalized spacial score (nSPS) is 11.0. The number of aromatic amines is 1. The van der Waals surface area contributed by atoms with Crippen molar-refractivity contribution < 1.29 is 0 Å². The zero-order valence-electron chi connectivity index (χ0n) is 10.3. The number of hydrogen-bond acceptors (Lipinski definition) is 1. The lowest BCUT2D eigenvalue weighted by Crippen LogP contribution is -2.11. The summed E-state index contributed by atoms with van der Waals surface area (Å²) in [5.41, 5.74) is 2.39. The number of hydrogen-bond donors (Lipinski definition) is 1. The molecule has 0 radical (unpaired) electrons. The van der Waals surface area contributed by atoms with Crippen molar-refractivity contribution >= 4 is 10.9 Å². The molecule has 0 saturated heterocycles. The standard InChI is InChI=1S/C11H14N2.C2H6/c1-11(2,3)10-8-6-4-5-7-9(8)12-13-10;1-2/h4-7H,1-3H3,(H,12,13);1-2H3. The number of nitrogens with one attached hydrogen (secondary N) is 1. The molecule has 2 rings (SSSR count). The first kappa shape index (κ1) is 11.8. The Balaban J connectivity index is 0.000000531. The molecule has 0 fully saturated rings. The Kier molecular flexibility index (Phi) is 3.51. The van der Waals surface area contributed by atoms with E-state index >= 15 is 0 Å². The molecular weight excluding hydrogens is 184 g/mol. The largest absolute Gasteiger partial charge is 0.281 e. The Bertz CT molecular complexity index is 421. The number of para-hydroxylation sites is 1. The number of nitrogens with zero attached hydrogens (tertiary/aromatic N) is 1. The zero-order chi connectivity index (χ0) is 11.5.